The second-order valence-electron chi connectivity index (χ2n) is 4.17. The van der Waals surface area contributed by atoms with Gasteiger partial charge >= 0.3 is 0 Å². The monoisotopic (exact) mass is 175 g/mol. The molecular formula is C12H17N. The third kappa shape index (κ3) is 1.19. The van der Waals surface area contributed by atoms with Gasteiger partial charge in [0.1, 0.15) is 0 Å². The average molecular weight is 175 g/mol. The molecule has 13 heavy (non-hydrogen) atoms. The first kappa shape index (κ1) is 8.76. The predicted molar refractivity (Wildman–Crippen MR) is 55.9 cm³/mol. The Bertz CT molecular complexity index is 353. The van der Waals surface area contributed by atoms with Gasteiger partial charge in [0.25, 0.3) is 0 Å². The summed E-state index contributed by atoms with van der Waals surface area (Å²) in [5.74, 6) is 0. The predicted octanol–water partition coefficient (Wildman–Crippen LogP) is 2.56. The van der Waals surface area contributed by atoms with E-state index in [0.717, 1.165) is 6.42 Å². The van der Waals surface area contributed by atoms with E-state index in [4.69, 9.17) is 5.73 Å². The van der Waals surface area contributed by atoms with Gasteiger partial charge in [-0.05, 0) is 61.4 Å². The van der Waals surface area contributed by atoms with Gasteiger partial charge in [-0.2, -0.15) is 0 Å². The summed E-state index contributed by atoms with van der Waals surface area (Å²) < 4.78 is 0. The molecule has 1 aromatic carbocycles. The number of hydrogen-bond donors (Lipinski definition) is 1. The van der Waals surface area contributed by atoms with Crippen LogP contribution in [0.4, 0.5) is 0 Å². The number of benzene rings is 1. The topological polar surface area (TPSA) is 26.0 Å². The highest BCUT2D eigenvalue weighted by Gasteiger charge is 2.23. The van der Waals surface area contributed by atoms with E-state index < -0.39 is 0 Å². The van der Waals surface area contributed by atoms with Crippen LogP contribution in [0.3, 0.4) is 0 Å². The van der Waals surface area contributed by atoms with Gasteiger partial charge in [-0.15, -0.1) is 0 Å². The highest BCUT2D eigenvalue weighted by Crippen LogP contribution is 2.35. The molecule has 1 aliphatic rings. The fraction of sp³-hybridized carbons (Fsp3) is 0.500. The lowest BCUT2D eigenvalue weighted by Gasteiger charge is -2.13. The van der Waals surface area contributed by atoms with Gasteiger partial charge in [-0.3, -0.25) is 0 Å². The largest absolute Gasteiger partial charge is 0.324 e. The summed E-state index contributed by atoms with van der Waals surface area (Å²) >= 11 is 0. The Morgan fingerprint density at radius 1 is 1.23 bits per heavy atom. The second kappa shape index (κ2) is 2.85. The number of aryl methyl sites for hydroxylation is 2. The fourth-order valence-corrected chi connectivity index (χ4v) is 2.45. The zero-order chi connectivity index (χ0) is 9.59. The van der Waals surface area contributed by atoms with Crippen LogP contribution in [0.5, 0.6) is 0 Å². The van der Waals surface area contributed by atoms with E-state index in [-0.39, 0.29) is 6.04 Å². The van der Waals surface area contributed by atoms with E-state index in [1.165, 1.54) is 34.2 Å². The van der Waals surface area contributed by atoms with Crippen LogP contribution in [0.25, 0.3) is 0 Å². The minimum absolute atomic E-state index is 0.286. The van der Waals surface area contributed by atoms with Crippen molar-refractivity contribution in [2.75, 3.05) is 0 Å². The molecule has 1 nitrogen and oxygen atoms in total. The van der Waals surface area contributed by atoms with E-state index in [0.29, 0.717) is 0 Å². The molecule has 1 unspecified atom stereocenters. The van der Waals surface area contributed by atoms with Crippen LogP contribution in [0.2, 0.25) is 0 Å². The van der Waals surface area contributed by atoms with E-state index in [9.17, 15) is 0 Å². The summed E-state index contributed by atoms with van der Waals surface area (Å²) in [5, 5.41) is 0. The van der Waals surface area contributed by atoms with Gasteiger partial charge in [-0.25, -0.2) is 0 Å². The Balaban J connectivity index is 2.70. The summed E-state index contributed by atoms with van der Waals surface area (Å²) in [5.41, 5.74) is 13.2. The second-order valence-corrected chi connectivity index (χ2v) is 4.17. The lowest BCUT2D eigenvalue weighted by molar-refractivity contribution is 0.709. The summed E-state index contributed by atoms with van der Waals surface area (Å²) in [6.45, 7) is 6.57. The summed E-state index contributed by atoms with van der Waals surface area (Å²) in [6.07, 6.45) is 2.30. The Morgan fingerprint density at radius 3 is 2.62 bits per heavy atom. The zero-order valence-corrected chi connectivity index (χ0v) is 8.65. The fourth-order valence-electron chi connectivity index (χ4n) is 2.45. The number of hydrogen-bond acceptors (Lipinski definition) is 1. The van der Waals surface area contributed by atoms with Crippen molar-refractivity contribution in [2.24, 2.45) is 5.73 Å². The lowest BCUT2D eigenvalue weighted by atomic mass is 9.94. The molecule has 1 aliphatic carbocycles. The maximum atomic E-state index is 6.08. The molecule has 0 saturated heterocycles. The quantitative estimate of drug-likeness (QED) is 0.644. The van der Waals surface area contributed by atoms with Crippen LogP contribution in [-0.2, 0) is 6.42 Å². The maximum Gasteiger partial charge on any atom is 0.0303 e. The summed E-state index contributed by atoms with van der Waals surface area (Å²) in [6, 6.07) is 2.57. The Kier molecular flexibility index (Phi) is 1.92. The zero-order valence-electron chi connectivity index (χ0n) is 8.65. The molecule has 1 heteroatoms. The van der Waals surface area contributed by atoms with E-state index >= 15 is 0 Å². The van der Waals surface area contributed by atoms with Crippen molar-refractivity contribution in [1.82, 2.24) is 0 Å². The average Bonchev–Trinajstić information content (AvgIpc) is 2.44. The minimum atomic E-state index is 0.286. The minimum Gasteiger partial charge on any atom is -0.324 e. The van der Waals surface area contributed by atoms with Gasteiger partial charge < -0.3 is 5.73 Å². The highest BCUT2D eigenvalue weighted by molar-refractivity contribution is 5.48. The number of nitrogens with two attached hydrogens (primary N) is 1. The van der Waals surface area contributed by atoms with E-state index in [1.54, 1.807) is 0 Å². The number of fused-ring (bicyclic) bond motifs is 1. The van der Waals surface area contributed by atoms with Crippen LogP contribution in [0.1, 0.15) is 40.3 Å². The maximum absolute atomic E-state index is 6.08. The van der Waals surface area contributed by atoms with Gasteiger partial charge in [0.15, 0.2) is 0 Å². The molecular weight excluding hydrogens is 158 g/mol. The molecule has 0 amide bonds. The van der Waals surface area contributed by atoms with Crippen molar-refractivity contribution in [2.45, 2.75) is 39.7 Å². The van der Waals surface area contributed by atoms with Gasteiger partial charge in [0.05, 0.1) is 0 Å². The Labute approximate surface area is 80.0 Å². The normalized spacial score (nSPS) is 20.5. The molecule has 2 N–H and O–H groups in total. The third-order valence-electron chi connectivity index (χ3n) is 3.31. The van der Waals surface area contributed by atoms with Crippen LogP contribution >= 0.6 is 0 Å². The van der Waals surface area contributed by atoms with Crippen LogP contribution in [0.15, 0.2) is 6.07 Å². The molecule has 0 aromatic heterocycles. The van der Waals surface area contributed by atoms with E-state index in [1.807, 2.05) is 0 Å². The lowest BCUT2D eigenvalue weighted by Crippen LogP contribution is -2.08. The van der Waals surface area contributed by atoms with Crippen molar-refractivity contribution < 1.29 is 0 Å². The van der Waals surface area contributed by atoms with Crippen molar-refractivity contribution in [3.8, 4) is 0 Å². The van der Waals surface area contributed by atoms with Crippen LogP contribution in [0, 0.1) is 20.8 Å². The first-order valence-corrected chi connectivity index (χ1v) is 4.96. The van der Waals surface area contributed by atoms with Gasteiger partial charge in [-0.1, -0.05) is 6.07 Å². The third-order valence-corrected chi connectivity index (χ3v) is 3.31. The molecule has 0 saturated carbocycles. The first-order chi connectivity index (χ1) is 6.11. The standard InChI is InChI=1S/C12H17N/c1-7-6-8(2)10-4-5-11(13)12(10)9(7)3/h6,11H,4-5,13H2,1-3H3. The van der Waals surface area contributed by atoms with Crippen molar-refractivity contribution in [3.05, 3.63) is 33.9 Å². The van der Waals surface area contributed by atoms with E-state index in [2.05, 4.69) is 26.8 Å². The molecule has 2 rings (SSSR count). The number of rotatable bonds is 0. The van der Waals surface area contributed by atoms with Gasteiger partial charge in [0, 0.05) is 6.04 Å². The SMILES string of the molecule is Cc1cc(C)c2c(c1C)C(N)CC2. The molecule has 1 aromatic rings. The summed E-state index contributed by atoms with van der Waals surface area (Å²) in [4.78, 5) is 0. The Morgan fingerprint density at radius 2 is 1.92 bits per heavy atom. The molecule has 0 aliphatic heterocycles. The molecule has 0 spiro atoms. The van der Waals surface area contributed by atoms with Crippen molar-refractivity contribution >= 4 is 0 Å². The molecule has 0 heterocycles. The molecule has 1 atom stereocenters. The smallest absolute Gasteiger partial charge is 0.0303 e. The van der Waals surface area contributed by atoms with Crippen molar-refractivity contribution in [1.29, 1.82) is 0 Å². The molecule has 0 radical (unpaired) electrons. The molecule has 0 bridgehead atoms. The first-order valence-electron chi connectivity index (χ1n) is 4.96. The highest BCUT2D eigenvalue weighted by atomic mass is 14.6. The van der Waals surface area contributed by atoms with Crippen LogP contribution in [-0.4, -0.2) is 0 Å². The van der Waals surface area contributed by atoms with Crippen molar-refractivity contribution in [3.63, 3.8) is 0 Å². The van der Waals surface area contributed by atoms with Crippen LogP contribution < -0.4 is 5.73 Å². The molecule has 70 valence electrons. The Hall–Kier alpha value is -0.820. The van der Waals surface area contributed by atoms with Gasteiger partial charge in [0.2, 0.25) is 0 Å². The molecule has 0 fully saturated rings. The summed E-state index contributed by atoms with van der Waals surface area (Å²) in [7, 11) is 0.